The maximum absolute atomic E-state index is 11.8. The van der Waals surface area contributed by atoms with Gasteiger partial charge in [0.25, 0.3) is 0 Å². The van der Waals surface area contributed by atoms with E-state index in [4.69, 9.17) is 9.47 Å². The van der Waals surface area contributed by atoms with E-state index < -0.39 is 0 Å². The van der Waals surface area contributed by atoms with Crippen molar-refractivity contribution in [2.24, 2.45) is 7.05 Å². The first-order valence-electron chi connectivity index (χ1n) is 6.87. The molecular formula is C13H22N4O3. The van der Waals surface area contributed by atoms with Crippen molar-refractivity contribution < 1.29 is 14.3 Å². The van der Waals surface area contributed by atoms with Crippen molar-refractivity contribution in [1.82, 2.24) is 15.1 Å². The van der Waals surface area contributed by atoms with Crippen LogP contribution in [0.4, 0.5) is 10.6 Å². The Bertz CT molecular complexity index is 441. The minimum absolute atomic E-state index is 0.143. The molecule has 1 aliphatic rings. The first kappa shape index (κ1) is 14.8. The fraction of sp³-hybridized carbons (Fsp3) is 0.692. The Kier molecular flexibility index (Phi) is 5.37. The molecule has 1 aromatic rings. The molecule has 2 N–H and O–H groups in total. The third kappa shape index (κ3) is 4.21. The Morgan fingerprint density at radius 2 is 2.50 bits per heavy atom. The second-order valence-corrected chi connectivity index (χ2v) is 4.86. The smallest absolute Gasteiger partial charge is 0.320 e. The number of rotatable bonds is 6. The Balaban J connectivity index is 1.79. The van der Waals surface area contributed by atoms with E-state index in [0.29, 0.717) is 19.0 Å². The molecule has 112 valence electrons. The minimum atomic E-state index is -0.234. The summed E-state index contributed by atoms with van der Waals surface area (Å²) in [6, 6.07) is 1.62. The molecule has 1 aliphatic heterocycles. The van der Waals surface area contributed by atoms with Crippen LogP contribution in [0, 0.1) is 0 Å². The summed E-state index contributed by atoms with van der Waals surface area (Å²) in [6.07, 6.45) is 2.94. The molecule has 2 amide bonds. The number of nitrogens with one attached hydrogen (secondary N) is 2. The van der Waals surface area contributed by atoms with E-state index in [1.807, 2.05) is 6.07 Å². The Hall–Kier alpha value is -1.60. The molecule has 1 fully saturated rings. The molecule has 7 heteroatoms. The van der Waals surface area contributed by atoms with Crippen LogP contribution in [0.2, 0.25) is 0 Å². The highest BCUT2D eigenvalue weighted by Crippen LogP contribution is 2.11. The van der Waals surface area contributed by atoms with E-state index in [2.05, 4.69) is 15.7 Å². The van der Waals surface area contributed by atoms with E-state index in [0.717, 1.165) is 31.6 Å². The standard InChI is InChI=1S/C13H22N4O3/c1-17-12(8-10(16-17)5-7-19-2)15-13(18)14-9-11-4-3-6-20-11/h8,11H,3-7,9H2,1-2H3,(H2,14,15,18). The number of anilines is 1. The second kappa shape index (κ2) is 7.25. The van der Waals surface area contributed by atoms with Crippen LogP contribution in [0.5, 0.6) is 0 Å². The monoisotopic (exact) mass is 282 g/mol. The van der Waals surface area contributed by atoms with Gasteiger partial charge in [-0.25, -0.2) is 4.79 Å². The molecule has 1 aromatic heterocycles. The average molecular weight is 282 g/mol. The normalized spacial score (nSPS) is 18.2. The van der Waals surface area contributed by atoms with Crippen molar-refractivity contribution in [2.75, 3.05) is 32.2 Å². The van der Waals surface area contributed by atoms with Gasteiger partial charge >= 0.3 is 6.03 Å². The number of carbonyl (C=O) groups is 1. The largest absolute Gasteiger partial charge is 0.384 e. The number of carbonyl (C=O) groups excluding carboxylic acids is 1. The summed E-state index contributed by atoms with van der Waals surface area (Å²) in [5, 5.41) is 9.91. The molecular weight excluding hydrogens is 260 g/mol. The number of methoxy groups -OCH3 is 1. The number of aromatic nitrogens is 2. The van der Waals surface area contributed by atoms with Crippen molar-refractivity contribution >= 4 is 11.8 Å². The van der Waals surface area contributed by atoms with E-state index in [1.165, 1.54) is 0 Å². The van der Waals surface area contributed by atoms with Crippen LogP contribution >= 0.6 is 0 Å². The SMILES string of the molecule is COCCc1cc(NC(=O)NCC2CCCO2)n(C)n1. The van der Waals surface area contributed by atoms with Gasteiger partial charge in [-0.3, -0.25) is 10.00 Å². The average Bonchev–Trinajstić information content (AvgIpc) is 3.05. The van der Waals surface area contributed by atoms with E-state index in [1.54, 1.807) is 18.8 Å². The quantitative estimate of drug-likeness (QED) is 0.813. The molecule has 1 saturated heterocycles. The van der Waals surface area contributed by atoms with E-state index in [-0.39, 0.29) is 12.1 Å². The molecule has 0 radical (unpaired) electrons. The summed E-state index contributed by atoms with van der Waals surface area (Å²) < 4.78 is 12.1. The molecule has 0 saturated carbocycles. The van der Waals surface area contributed by atoms with Gasteiger partial charge in [0.2, 0.25) is 0 Å². The molecule has 0 aromatic carbocycles. The molecule has 0 aliphatic carbocycles. The highest BCUT2D eigenvalue weighted by Gasteiger charge is 2.16. The zero-order valence-electron chi connectivity index (χ0n) is 12.0. The van der Waals surface area contributed by atoms with Gasteiger partial charge in [0, 0.05) is 39.8 Å². The lowest BCUT2D eigenvalue weighted by atomic mass is 10.2. The van der Waals surface area contributed by atoms with E-state index >= 15 is 0 Å². The van der Waals surface area contributed by atoms with E-state index in [9.17, 15) is 4.79 Å². The van der Waals surface area contributed by atoms with Crippen molar-refractivity contribution in [3.8, 4) is 0 Å². The number of hydrogen-bond acceptors (Lipinski definition) is 4. The highest BCUT2D eigenvalue weighted by molar-refractivity contribution is 5.88. The number of hydrogen-bond donors (Lipinski definition) is 2. The van der Waals surface area contributed by atoms with Gasteiger partial charge in [-0.15, -0.1) is 0 Å². The maximum atomic E-state index is 11.8. The lowest BCUT2D eigenvalue weighted by molar-refractivity contribution is 0.112. The van der Waals surface area contributed by atoms with Crippen molar-refractivity contribution in [2.45, 2.75) is 25.4 Å². The number of aryl methyl sites for hydroxylation is 1. The summed E-state index contributed by atoms with van der Waals surface area (Å²) in [7, 11) is 3.45. The van der Waals surface area contributed by atoms with Crippen molar-refractivity contribution in [3.05, 3.63) is 11.8 Å². The molecule has 2 heterocycles. The number of nitrogens with zero attached hydrogens (tertiary/aromatic N) is 2. The molecule has 1 unspecified atom stereocenters. The van der Waals surface area contributed by atoms with Crippen LogP contribution in [-0.2, 0) is 22.9 Å². The summed E-state index contributed by atoms with van der Waals surface area (Å²) in [6.45, 7) is 1.94. The van der Waals surface area contributed by atoms with Gasteiger partial charge in [-0.2, -0.15) is 5.10 Å². The zero-order chi connectivity index (χ0) is 14.4. The van der Waals surface area contributed by atoms with Crippen LogP contribution < -0.4 is 10.6 Å². The third-order valence-corrected chi connectivity index (χ3v) is 3.25. The first-order valence-corrected chi connectivity index (χ1v) is 6.87. The van der Waals surface area contributed by atoms with Gasteiger partial charge in [0.1, 0.15) is 5.82 Å². The van der Waals surface area contributed by atoms with Gasteiger partial charge in [-0.1, -0.05) is 0 Å². The lowest BCUT2D eigenvalue weighted by Gasteiger charge is -2.11. The molecule has 0 spiro atoms. The van der Waals surface area contributed by atoms with Crippen LogP contribution in [-0.4, -0.2) is 48.8 Å². The Labute approximate surface area is 118 Å². The predicted molar refractivity (Wildman–Crippen MR) is 74.8 cm³/mol. The highest BCUT2D eigenvalue weighted by atomic mass is 16.5. The summed E-state index contributed by atoms with van der Waals surface area (Å²) in [5.41, 5.74) is 0.892. The third-order valence-electron chi connectivity index (χ3n) is 3.25. The molecule has 0 bridgehead atoms. The molecule has 7 nitrogen and oxygen atoms in total. The van der Waals surface area contributed by atoms with Gasteiger partial charge in [-0.05, 0) is 12.8 Å². The van der Waals surface area contributed by atoms with Crippen LogP contribution in [0.15, 0.2) is 6.07 Å². The fourth-order valence-corrected chi connectivity index (χ4v) is 2.14. The molecule has 1 atom stereocenters. The molecule has 20 heavy (non-hydrogen) atoms. The van der Waals surface area contributed by atoms with Crippen molar-refractivity contribution in [3.63, 3.8) is 0 Å². The van der Waals surface area contributed by atoms with Crippen molar-refractivity contribution in [1.29, 1.82) is 0 Å². The summed E-state index contributed by atoms with van der Waals surface area (Å²) in [5.74, 6) is 0.668. The predicted octanol–water partition coefficient (Wildman–Crippen LogP) is 0.909. The number of urea groups is 1. The first-order chi connectivity index (χ1) is 9.69. The van der Waals surface area contributed by atoms with Gasteiger partial charge < -0.3 is 14.8 Å². The zero-order valence-corrected chi connectivity index (χ0v) is 12.0. The van der Waals surface area contributed by atoms with Crippen LogP contribution in [0.1, 0.15) is 18.5 Å². The van der Waals surface area contributed by atoms with Gasteiger partial charge in [0.15, 0.2) is 0 Å². The lowest BCUT2D eigenvalue weighted by Crippen LogP contribution is -2.35. The van der Waals surface area contributed by atoms with Gasteiger partial charge in [0.05, 0.1) is 18.4 Å². The number of amides is 2. The number of ether oxygens (including phenoxy) is 2. The fourth-order valence-electron chi connectivity index (χ4n) is 2.14. The second-order valence-electron chi connectivity index (χ2n) is 4.86. The topological polar surface area (TPSA) is 77.4 Å². The van der Waals surface area contributed by atoms with Crippen LogP contribution in [0.3, 0.4) is 0 Å². The Morgan fingerprint density at radius 3 is 3.20 bits per heavy atom. The summed E-state index contributed by atoms with van der Waals surface area (Å²) >= 11 is 0. The Morgan fingerprint density at radius 1 is 1.65 bits per heavy atom. The summed E-state index contributed by atoms with van der Waals surface area (Å²) in [4.78, 5) is 11.8. The van der Waals surface area contributed by atoms with Crippen LogP contribution in [0.25, 0.3) is 0 Å². The maximum Gasteiger partial charge on any atom is 0.320 e. The minimum Gasteiger partial charge on any atom is -0.384 e. The molecule has 2 rings (SSSR count).